The maximum atomic E-state index is 13.2. The lowest BCUT2D eigenvalue weighted by Gasteiger charge is -2.20. The Balaban J connectivity index is 1.85. The van der Waals surface area contributed by atoms with Crippen LogP contribution in [0.1, 0.15) is 30.0 Å². The van der Waals surface area contributed by atoms with E-state index in [1.165, 1.54) is 12.1 Å². The zero-order valence-electron chi connectivity index (χ0n) is 12.8. The van der Waals surface area contributed by atoms with E-state index in [0.29, 0.717) is 0 Å². The zero-order valence-corrected chi connectivity index (χ0v) is 14.4. The first-order valence-corrected chi connectivity index (χ1v) is 8.41. The number of halogens is 2. The Morgan fingerprint density at radius 2 is 1.91 bits per heavy atom. The third-order valence-electron chi connectivity index (χ3n) is 3.86. The van der Waals surface area contributed by atoms with Crippen LogP contribution in [0, 0.1) is 12.7 Å². The normalized spacial score (nSPS) is 15.1. The highest BCUT2D eigenvalue weighted by Crippen LogP contribution is 2.26. The van der Waals surface area contributed by atoms with E-state index in [1.54, 1.807) is 12.1 Å². The minimum atomic E-state index is -0.545. The Morgan fingerprint density at radius 3 is 2.52 bits per heavy atom. The van der Waals surface area contributed by atoms with Gasteiger partial charge >= 0.3 is 0 Å². The second-order valence-electron chi connectivity index (χ2n) is 5.88. The first kappa shape index (κ1) is 16.0. The molecule has 1 unspecified atom stereocenters. The molecular weight excluding hydrogens is 359 g/mol. The highest BCUT2D eigenvalue weighted by Gasteiger charge is 2.28. The van der Waals surface area contributed by atoms with Crippen molar-refractivity contribution in [2.75, 3.05) is 5.32 Å². The molecular formula is C18H18BrFN2O. The van der Waals surface area contributed by atoms with Crippen LogP contribution in [0.25, 0.3) is 0 Å². The molecule has 0 heterocycles. The van der Waals surface area contributed by atoms with Gasteiger partial charge < -0.3 is 10.6 Å². The van der Waals surface area contributed by atoms with E-state index in [2.05, 4.69) is 26.6 Å². The molecule has 0 bridgehead atoms. The number of carbonyl (C=O) groups is 1. The molecule has 1 fully saturated rings. The van der Waals surface area contributed by atoms with Gasteiger partial charge in [0.1, 0.15) is 11.9 Å². The molecule has 1 aliphatic carbocycles. The van der Waals surface area contributed by atoms with Crippen LogP contribution in [0.4, 0.5) is 10.1 Å². The van der Waals surface area contributed by atoms with Crippen molar-refractivity contribution in [3.05, 3.63) is 63.9 Å². The molecule has 1 aliphatic rings. The summed E-state index contributed by atoms with van der Waals surface area (Å²) in [7, 11) is 0. The third kappa shape index (κ3) is 4.10. The number of rotatable bonds is 5. The summed E-state index contributed by atoms with van der Waals surface area (Å²) in [6.07, 6.45) is 2.05. The third-order valence-corrected chi connectivity index (χ3v) is 4.75. The molecule has 1 atom stereocenters. The summed E-state index contributed by atoms with van der Waals surface area (Å²) in [5, 5.41) is 6.27. The molecule has 1 saturated carbocycles. The first-order valence-electron chi connectivity index (χ1n) is 7.61. The van der Waals surface area contributed by atoms with Crippen LogP contribution < -0.4 is 10.6 Å². The van der Waals surface area contributed by atoms with Gasteiger partial charge in [-0.3, -0.25) is 4.79 Å². The summed E-state index contributed by atoms with van der Waals surface area (Å²) >= 11 is 3.47. The van der Waals surface area contributed by atoms with Gasteiger partial charge in [-0.2, -0.15) is 0 Å². The lowest BCUT2D eigenvalue weighted by Crippen LogP contribution is -2.34. The van der Waals surface area contributed by atoms with Gasteiger partial charge in [0.15, 0.2) is 0 Å². The van der Waals surface area contributed by atoms with Gasteiger partial charge in [-0.15, -0.1) is 0 Å². The van der Waals surface area contributed by atoms with Crippen molar-refractivity contribution in [3.63, 3.8) is 0 Å². The highest BCUT2D eigenvalue weighted by atomic mass is 79.9. The first-order chi connectivity index (χ1) is 11.0. The fourth-order valence-corrected chi connectivity index (χ4v) is 2.62. The van der Waals surface area contributed by atoms with Crippen LogP contribution in [-0.4, -0.2) is 11.9 Å². The van der Waals surface area contributed by atoms with E-state index in [0.717, 1.165) is 34.1 Å². The molecule has 5 heteroatoms. The van der Waals surface area contributed by atoms with Crippen LogP contribution >= 0.6 is 15.9 Å². The second kappa shape index (κ2) is 6.71. The van der Waals surface area contributed by atoms with Crippen LogP contribution in [-0.2, 0) is 4.79 Å². The van der Waals surface area contributed by atoms with Crippen molar-refractivity contribution in [2.45, 2.75) is 31.8 Å². The molecule has 0 aromatic heterocycles. The monoisotopic (exact) mass is 376 g/mol. The van der Waals surface area contributed by atoms with Crippen LogP contribution in [0.2, 0.25) is 0 Å². The predicted octanol–water partition coefficient (Wildman–Crippen LogP) is 4.33. The lowest BCUT2D eigenvalue weighted by molar-refractivity contribution is -0.122. The molecule has 0 spiro atoms. The number of hydrogen-bond acceptors (Lipinski definition) is 2. The Morgan fingerprint density at radius 1 is 1.22 bits per heavy atom. The number of nitrogens with one attached hydrogen (secondary N) is 2. The molecule has 2 aromatic rings. The summed E-state index contributed by atoms with van der Waals surface area (Å²) in [6.45, 7) is 1.99. The topological polar surface area (TPSA) is 41.1 Å². The number of aryl methyl sites for hydroxylation is 1. The van der Waals surface area contributed by atoms with Crippen molar-refractivity contribution in [1.29, 1.82) is 0 Å². The van der Waals surface area contributed by atoms with E-state index in [4.69, 9.17) is 0 Å². The van der Waals surface area contributed by atoms with E-state index in [-0.39, 0.29) is 17.8 Å². The highest BCUT2D eigenvalue weighted by molar-refractivity contribution is 9.10. The van der Waals surface area contributed by atoms with E-state index in [1.807, 2.05) is 25.1 Å². The summed E-state index contributed by atoms with van der Waals surface area (Å²) in [4.78, 5) is 12.6. The quantitative estimate of drug-likeness (QED) is 0.815. The molecule has 0 saturated heterocycles. The zero-order chi connectivity index (χ0) is 16.4. The molecule has 3 rings (SSSR count). The molecule has 1 amide bonds. The van der Waals surface area contributed by atoms with Crippen molar-refractivity contribution in [3.8, 4) is 0 Å². The van der Waals surface area contributed by atoms with Crippen molar-refractivity contribution < 1.29 is 9.18 Å². The van der Waals surface area contributed by atoms with Crippen molar-refractivity contribution in [1.82, 2.24) is 5.32 Å². The average molecular weight is 377 g/mol. The SMILES string of the molecule is Cc1cc(NC(C(=O)NC2CC2)c2ccc(F)cc2)ccc1Br. The number of amides is 1. The molecule has 3 nitrogen and oxygen atoms in total. The van der Waals surface area contributed by atoms with Gasteiger partial charge in [0.05, 0.1) is 0 Å². The van der Waals surface area contributed by atoms with Gasteiger partial charge in [-0.05, 0) is 61.2 Å². The Kier molecular flexibility index (Phi) is 4.66. The fourth-order valence-electron chi connectivity index (χ4n) is 2.37. The number of benzene rings is 2. The molecule has 2 N–H and O–H groups in total. The summed E-state index contributed by atoms with van der Waals surface area (Å²) in [5.41, 5.74) is 2.67. The molecule has 120 valence electrons. The predicted molar refractivity (Wildman–Crippen MR) is 92.8 cm³/mol. The van der Waals surface area contributed by atoms with Gasteiger partial charge in [-0.25, -0.2) is 4.39 Å². The van der Waals surface area contributed by atoms with Crippen LogP contribution in [0.3, 0.4) is 0 Å². The maximum absolute atomic E-state index is 13.2. The number of hydrogen-bond donors (Lipinski definition) is 2. The van der Waals surface area contributed by atoms with Gasteiger partial charge in [-0.1, -0.05) is 28.1 Å². The largest absolute Gasteiger partial charge is 0.370 e. The minimum Gasteiger partial charge on any atom is -0.370 e. The van der Waals surface area contributed by atoms with Gasteiger partial charge in [0.25, 0.3) is 0 Å². The van der Waals surface area contributed by atoms with E-state index >= 15 is 0 Å². The van der Waals surface area contributed by atoms with E-state index < -0.39 is 6.04 Å². The maximum Gasteiger partial charge on any atom is 0.247 e. The van der Waals surface area contributed by atoms with Crippen molar-refractivity contribution >= 4 is 27.5 Å². The Hall–Kier alpha value is -1.88. The fraction of sp³-hybridized carbons (Fsp3) is 0.278. The Labute approximate surface area is 143 Å². The number of carbonyl (C=O) groups excluding carboxylic acids is 1. The van der Waals surface area contributed by atoms with Gasteiger partial charge in [0, 0.05) is 16.2 Å². The average Bonchev–Trinajstić information content (AvgIpc) is 3.33. The second-order valence-corrected chi connectivity index (χ2v) is 6.73. The number of anilines is 1. The molecule has 2 aromatic carbocycles. The summed E-state index contributed by atoms with van der Waals surface area (Å²) < 4.78 is 14.2. The molecule has 23 heavy (non-hydrogen) atoms. The van der Waals surface area contributed by atoms with E-state index in [9.17, 15) is 9.18 Å². The van der Waals surface area contributed by atoms with Crippen LogP contribution in [0.15, 0.2) is 46.9 Å². The molecule has 0 aliphatic heterocycles. The summed E-state index contributed by atoms with van der Waals surface area (Å²) in [6, 6.07) is 11.6. The smallest absolute Gasteiger partial charge is 0.247 e. The summed E-state index contributed by atoms with van der Waals surface area (Å²) in [5.74, 6) is -0.394. The standard InChI is InChI=1S/C18H18BrFN2O/c1-11-10-15(8-9-16(11)19)21-17(18(23)22-14-6-7-14)12-2-4-13(20)5-3-12/h2-5,8-10,14,17,21H,6-7H2,1H3,(H,22,23). The van der Waals surface area contributed by atoms with Crippen LogP contribution in [0.5, 0.6) is 0 Å². The van der Waals surface area contributed by atoms with Gasteiger partial charge in [0.2, 0.25) is 5.91 Å². The molecule has 0 radical (unpaired) electrons. The lowest BCUT2D eigenvalue weighted by atomic mass is 10.1. The van der Waals surface area contributed by atoms with Crippen molar-refractivity contribution in [2.24, 2.45) is 0 Å². The Bertz CT molecular complexity index is 713. The minimum absolute atomic E-state index is 0.0836.